The fraction of sp³-hybridized carbons (Fsp3) is 0.900. The van der Waals surface area contributed by atoms with E-state index in [0.29, 0.717) is 22.6 Å². The third kappa shape index (κ3) is 1.00. The fourth-order valence-electron chi connectivity index (χ4n) is 3.10. The van der Waals surface area contributed by atoms with Gasteiger partial charge in [-0.15, -0.1) is 0 Å². The van der Waals surface area contributed by atoms with Crippen LogP contribution < -0.4 is 0 Å². The average Bonchev–Trinajstić information content (AvgIpc) is 2.05. The van der Waals surface area contributed by atoms with Crippen molar-refractivity contribution >= 4 is 16.6 Å². The van der Waals surface area contributed by atoms with E-state index in [-0.39, 0.29) is 0 Å². The van der Waals surface area contributed by atoms with Crippen LogP contribution in [-0.4, -0.2) is 9.58 Å². The number of hydrogen-bond acceptors (Lipinski definition) is 1. The first-order chi connectivity index (χ1) is 5.66. The summed E-state index contributed by atoms with van der Waals surface area (Å²) in [7, 11) is 0. The molecule has 0 aromatic rings. The Morgan fingerprint density at radius 2 is 2.17 bits per heavy atom. The monoisotopic (exact) mass is 184 g/mol. The SMILES string of the molecule is CC1(C)[C@H]2CC[C@H](C=S=O)[C@@H]1C2. The Labute approximate surface area is 77.6 Å². The molecular weight excluding hydrogens is 168 g/mol. The molecule has 0 aliphatic heterocycles. The lowest BCUT2D eigenvalue weighted by Gasteiger charge is -2.59. The molecule has 0 unspecified atom stereocenters. The lowest BCUT2D eigenvalue weighted by atomic mass is 9.46. The molecule has 2 heteroatoms. The van der Waals surface area contributed by atoms with Crippen molar-refractivity contribution < 1.29 is 4.21 Å². The molecule has 3 fully saturated rings. The zero-order valence-corrected chi connectivity index (χ0v) is 8.56. The van der Waals surface area contributed by atoms with Crippen LogP contribution in [0, 0.1) is 23.2 Å². The Hall–Kier alpha value is -0.110. The summed E-state index contributed by atoms with van der Waals surface area (Å²) in [4.78, 5) is 0. The summed E-state index contributed by atoms with van der Waals surface area (Å²) in [6, 6.07) is 0. The Bertz CT molecular complexity index is 238. The maximum atomic E-state index is 10.4. The summed E-state index contributed by atoms with van der Waals surface area (Å²) in [6.07, 6.45) is 3.97. The van der Waals surface area contributed by atoms with Gasteiger partial charge in [0.25, 0.3) is 0 Å². The molecule has 0 aromatic carbocycles. The van der Waals surface area contributed by atoms with Gasteiger partial charge in [-0.2, -0.15) is 0 Å². The normalized spacial score (nSPS) is 43.0. The van der Waals surface area contributed by atoms with Crippen LogP contribution in [0.1, 0.15) is 33.1 Å². The van der Waals surface area contributed by atoms with Gasteiger partial charge in [-0.25, -0.2) is 4.21 Å². The summed E-state index contributed by atoms with van der Waals surface area (Å²) in [5.41, 5.74) is 0.523. The van der Waals surface area contributed by atoms with E-state index >= 15 is 0 Å². The van der Waals surface area contributed by atoms with E-state index in [9.17, 15) is 4.21 Å². The third-order valence-electron chi connectivity index (χ3n) is 4.14. The highest BCUT2D eigenvalue weighted by molar-refractivity contribution is 7.64. The van der Waals surface area contributed by atoms with Crippen LogP contribution in [0.3, 0.4) is 0 Å². The molecular formula is C10H16OS. The van der Waals surface area contributed by atoms with Crippen molar-refractivity contribution in [2.24, 2.45) is 23.2 Å². The second kappa shape index (κ2) is 2.69. The predicted molar refractivity (Wildman–Crippen MR) is 52.3 cm³/mol. The van der Waals surface area contributed by atoms with Gasteiger partial charge in [0.15, 0.2) is 0 Å². The summed E-state index contributed by atoms with van der Waals surface area (Å²) in [6.45, 7) is 4.72. The number of fused-ring (bicyclic) bond motifs is 2. The molecule has 3 aliphatic carbocycles. The van der Waals surface area contributed by atoms with Crippen LogP contribution in [-0.2, 0) is 11.3 Å². The highest BCUT2D eigenvalue weighted by Gasteiger charge is 2.53. The van der Waals surface area contributed by atoms with Crippen LogP contribution >= 0.6 is 0 Å². The Kier molecular flexibility index (Phi) is 1.90. The summed E-state index contributed by atoms with van der Waals surface area (Å²) >= 11 is 0.662. The second-order valence-corrected chi connectivity index (χ2v) is 5.30. The van der Waals surface area contributed by atoms with Crippen LogP contribution in [0.5, 0.6) is 0 Å². The largest absolute Gasteiger partial charge is 0.213 e. The standard InChI is InChI=1S/C10H16OS/c1-10(2)8-4-3-7(6-12-11)9(10)5-8/h6-9H,3-5H2,1-2H3/t7-,8+,9+/m1/s1. The van der Waals surface area contributed by atoms with Crippen molar-refractivity contribution in [3.63, 3.8) is 0 Å². The zero-order chi connectivity index (χ0) is 8.77. The molecule has 3 rings (SSSR count). The van der Waals surface area contributed by atoms with Crippen molar-refractivity contribution in [3.8, 4) is 0 Å². The molecule has 0 saturated heterocycles. The van der Waals surface area contributed by atoms with Gasteiger partial charge < -0.3 is 0 Å². The van der Waals surface area contributed by atoms with Gasteiger partial charge in [0.05, 0.1) is 11.3 Å². The number of hydrogen-bond donors (Lipinski definition) is 0. The third-order valence-corrected chi connectivity index (χ3v) is 4.60. The van der Waals surface area contributed by atoms with Crippen molar-refractivity contribution in [3.05, 3.63) is 0 Å². The summed E-state index contributed by atoms with van der Waals surface area (Å²) in [5.74, 6) is 2.36. The van der Waals surface area contributed by atoms with E-state index in [2.05, 4.69) is 13.8 Å². The molecule has 1 nitrogen and oxygen atoms in total. The molecule has 12 heavy (non-hydrogen) atoms. The van der Waals surface area contributed by atoms with Crippen molar-refractivity contribution in [1.82, 2.24) is 0 Å². The van der Waals surface area contributed by atoms with Crippen molar-refractivity contribution in [1.29, 1.82) is 0 Å². The highest BCUT2D eigenvalue weighted by atomic mass is 32.1. The molecule has 0 heterocycles. The first-order valence-corrected chi connectivity index (χ1v) is 5.58. The van der Waals surface area contributed by atoms with Crippen LogP contribution in [0.4, 0.5) is 0 Å². The predicted octanol–water partition coefficient (Wildman–Crippen LogP) is 2.07. The first-order valence-electron chi connectivity index (χ1n) is 4.78. The molecule has 3 saturated carbocycles. The van der Waals surface area contributed by atoms with E-state index < -0.39 is 0 Å². The topological polar surface area (TPSA) is 17.1 Å². The Balaban J connectivity index is 2.16. The smallest absolute Gasteiger partial charge is 0.0844 e. The van der Waals surface area contributed by atoms with E-state index in [4.69, 9.17) is 0 Å². The van der Waals surface area contributed by atoms with E-state index in [1.807, 2.05) is 5.37 Å². The molecule has 0 radical (unpaired) electrons. The minimum atomic E-state index is 0.523. The molecule has 2 bridgehead atoms. The highest BCUT2D eigenvalue weighted by Crippen LogP contribution is 2.60. The van der Waals surface area contributed by atoms with Gasteiger partial charge in [-0.3, -0.25) is 0 Å². The van der Waals surface area contributed by atoms with E-state index in [1.165, 1.54) is 19.3 Å². The van der Waals surface area contributed by atoms with E-state index in [1.54, 1.807) is 0 Å². The first kappa shape index (κ1) is 8.49. The Morgan fingerprint density at radius 1 is 1.42 bits per heavy atom. The van der Waals surface area contributed by atoms with Gasteiger partial charge in [-0.05, 0) is 42.4 Å². The molecule has 68 valence electrons. The fourth-order valence-corrected chi connectivity index (χ4v) is 3.57. The van der Waals surface area contributed by atoms with Crippen molar-refractivity contribution in [2.75, 3.05) is 0 Å². The average molecular weight is 184 g/mol. The summed E-state index contributed by atoms with van der Waals surface area (Å²) in [5, 5.41) is 1.92. The quantitative estimate of drug-likeness (QED) is 0.570. The van der Waals surface area contributed by atoms with Crippen LogP contribution in [0.25, 0.3) is 0 Å². The summed E-state index contributed by atoms with van der Waals surface area (Å²) < 4.78 is 10.4. The molecule has 0 amide bonds. The Morgan fingerprint density at radius 3 is 2.67 bits per heavy atom. The van der Waals surface area contributed by atoms with Crippen molar-refractivity contribution in [2.45, 2.75) is 33.1 Å². The molecule has 0 aromatic heterocycles. The van der Waals surface area contributed by atoms with Crippen LogP contribution in [0.2, 0.25) is 0 Å². The molecule has 0 N–H and O–H groups in total. The van der Waals surface area contributed by atoms with Gasteiger partial charge in [0.2, 0.25) is 0 Å². The molecule has 0 spiro atoms. The molecule has 3 aliphatic rings. The minimum Gasteiger partial charge on any atom is -0.213 e. The maximum Gasteiger partial charge on any atom is 0.0844 e. The van der Waals surface area contributed by atoms with Gasteiger partial charge in [0, 0.05) is 5.37 Å². The molecule has 3 atom stereocenters. The van der Waals surface area contributed by atoms with Gasteiger partial charge >= 0.3 is 0 Å². The van der Waals surface area contributed by atoms with E-state index in [0.717, 1.165) is 11.8 Å². The van der Waals surface area contributed by atoms with Gasteiger partial charge in [-0.1, -0.05) is 13.8 Å². The maximum absolute atomic E-state index is 10.4. The lowest BCUT2D eigenvalue weighted by molar-refractivity contribution is -0.0830. The lowest BCUT2D eigenvalue weighted by Crippen LogP contribution is -2.52. The zero-order valence-electron chi connectivity index (χ0n) is 7.75. The number of rotatable bonds is 1. The van der Waals surface area contributed by atoms with Gasteiger partial charge in [0.1, 0.15) is 0 Å². The van der Waals surface area contributed by atoms with Crippen LogP contribution in [0.15, 0.2) is 0 Å². The minimum absolute atomic E-state index is 0.523. The second-order valence-electron chi connectivity index (χ2n) is 4.83.